The molecule has 9 heteroatoms. The Kier molecular flexibility index (Phi) is 10.5. The molecule has 0 aliphatic heterocycles. The van der Waals surface area contributed by atoms with Crippen molar-refractivity contribution in [3.05, 3.63) is 95.0 Å². The minimum atomic E-state index is -4.13. The molecule has 0 aromatic heterocycles. The standard InChI is InChI=1S/C30H36ClN3O4S/c1-5-23(4)32-30(36)28(6-2)33(20-24-13-10-12-22(3)18-24)29(35)21-34(26-15-11-14-25(31)19-26)39(37,38)27-16-8-7-9-17-27/h7-19,23,28H,5-6,20-21H2,1-4H3,(H,32,36)/t23-,28-/m0/s1. The molecule has 1 N–H and O–H groups in total. The molecule has 3 aromatic rings. The van der Waals surface area contributed by atoms with E-state index in [0.29, 0.717) is 11.4 Å². The minimum absolute atomic E-state index is 0.0459. The maximum absolute atomic E-state index is 14.0. The molecule has 0 aliphatic carbocycles. The van der Waals surface area contributed by atoms with Crippen LogP contribution in [0.3, 0.4) is 0 Å². The highest BCUT2D eigenvalue weighted by atomic mass is 35.5. The van der Waals surface area contributed by atoms with Gasteiger partial charge in [0, 0.05) is 17.6 Å². The van der Waals surface area contributed by atoms with Gasteiger partial charge in [-0.05, 0) is 62.6 Å². The van der Waals surface area contributed by atoms with Crippen LogP contribution in [0.4, 0.5) is 5.69 Å². The van der Waals surface area contributed by atoms with Crippen LogP contribution in [-0.2, 0) is 26.2 Å². The Balaban J connectivity index is 2.05. The predicted molar refractivity (Wildman–Crippen MR) is 156 cm³/mol. The van der Waals surface area contributed by atoms with Crippen molar-refractivity contribution < 1.29 is 18.0 Å². The van der Waals surface area contributed by atoms with E-state index in [9.17, 15) is 18.0 Å². The van der Waals surface area contributed by atoms with Gasteiger partial charge in [0.2, 0.25) is 11.8 Å². The Bertz CT molecular complexity index is 1380. The summed E-state index contributed by atoms with van der Waals surface area (Å²) in [4.78, 5) is 28.9. The third-order valence-electron chi connectivity index (χ3n) is 6.53. The molecule has 208 valence electrons. The van der Waals surface area contributed by atoms with Crippen molar-refractivity contribution in [1.29, 1.82) is 0 Å². The van der Waals surface area contributed by atoms with Gasteiger partial charge in [0.1, 0.15) is 12.6 Å². The van der Waals surface area contributed by atoms with Crippen molar-refractivity contribution >= 4 is 39.1 Å². The number of amides is 2. The maximum Gasteiger partial charge on any atom is 0.264 e. The molecule has 0 bridgehead atoms. The van der Waals surface area contributed by atoms with Crippen LogP contribution in [0, 0.1) is 6.92 Å². The van der Waals surface area contributed by atoms with Crippen molar-refractivity contribution in [3.8, 4) is 0 Å². The number of halogens is 1. The topological polar surface area (TPSA) is 86.8 Å². The first kappa shape index (κ1) is 30.2. The van der Waals surface area contributed by atoms with Gasteiger partial charge in [-0.1, -0.05) is 79.5 Å². The van der Waals surface area contributed by atoms with Crippen LogP contribution < -0.4 is 9.62 Å². The van der Waals surface area contributed by atoms with Gasteiger partial charge in [0.15, 0.2) is 0 Å². The fourth-order valence-corrected chi connectivity index (χ4v) is 5.86. The van der Waals surface area contributed by atoms with E-state index in [1.165, 1.54) is 23.1 Å². The summed E-state index contributed by atoms with van der Waals surface area (Å²) in [5.41, 5.74) is 2.12. The van der Waals surface area contributed by atoms with Gasteiger partial charge in [0.25, 0.3) is 10.0 Å². The summed E-state index contributed by atoms with van der Waals surface area (Å²) in [5.74, 6) is -0.768. The molecule has 0 aliphatic rings. The average molecular weight is 570 g/mol. The minimum Gasteiger partial charge on any atom is -0.352 e. The second kappa shape index (κ2) is 13.6. The van der Waals surface area contributed by atoms with Crippen LogP contribution >= 0.6 is 11.6 Å². The first-order valence-corrected chi connectivity index (χ1v) is 14.9. The van der Waals surface area contributed by atoms with Gasteiger partial charge in [-0.3, -0.25) is 13.9 Å². The summed E-state index contributed by atoms with van der Waals surface area (Å²) in [6.45, 7) is 7.32. The van der Waals surface area contributed by atoms with Crippen molar-refractivity contribution in [2.75, 3.05) is 10.8 Å². The molecule has 0 saturated heterocycles. The number of carbonyl (C=O) groups excluding carboxylic acids is 2. The van der Waals surface area contributed by atoms with Crippen LogP contribution in [0.5, 0.6) is 0 Å². The molecule has 0 heterocycles. The summed E-state index contributed by atoms with van der Waals surface area (Å²) in [7, 11) is -4.13. The molecule has 0 saturated carbocycles. The zero-order chi connectivity index (χ0) is 28.6. The lowest BCUT2D eigenvalue weighted by Crippen LogP contribution is -2.53. The van der Waals surface area contributed by atoms with Crippen LogP contribution in [0.15, 0.2) is 83.8 Å². The van der Waals surface area contributed by atoms with E-state index >= 15 is 0 Å². The van der Waals surface area contributed by atoms with Crippen molar-refractivity contribution in [2.24, 2.45) is 0 Å². The molecule has 39 heavy (non-hydrogen) atoms. The molecule has 0 fully saturated rings. The van der Waals surface area contributed by atoms with Crippen LogP contribution in [-0.4, -0.2) is 43.8 Å². The van der Waals surface area contributed by atoms with E-state index < -0.39 is 28.5 Å². The number of anilines is 1. The summed E-state index contributed by atoms with van der Waals surface area (Å²) in [6.07, 6.45) is 1.11. The fourth-order valence-electron chi connectivity index (χ4n) is 4.25. The van der Waals surface area contributed by atoms with E-state index in [4.69, 9.17) is 11.6 Å². The van der Waals surface area contributed by atoms with Gasteiger partial charge in [-0.2, -0.15) is 0 Å². The lowest BCUT2D eigenvalue weighted by atomic mass is 10.1. The monoisotopic (exact) mass is 569 g/mol. The normalized spacial score (nSPS) is 12.8. The third kappa shape index (κ3) is 7.83. The van der Waals surface area contributed by atoms with Crippen LogP contribution in [0.1, 0.15) is 44.7 Å². The van der Waals surface area contributed by atoms with E-state index in [1.54, 1.807) is 36.4 Å². The lowest BCUT2D eigenvalue weighted by molar-refractivity contribution is -0.140. The number of nitrogens with one attached hydrogen (secondary N) is 1. The van der Waals surface area contributed by atoms with Crippen molar-refractivity contribution in [2.45, 2.75) is 64.1 Å². The summed E-state index contributed by atoms with van der Waals surface area (Å²) in [6, 6.07) is 21.2. The van der Waals surface area contributed by atoms with Crippen LogP contribution in [0.2, 0.25) is 5.02 Å². The SMILES string of the molecule is CC[C@H](C)NC(=O)[C@H](CC)N(Cc1cccc(C)c1)C(=O)CN(c1cccc(Cl)c1)S(=O)(=O)c1ccccc1. The number of hydrogen-bond donors (Lipinski definition) is 1. The highest BCUT2D eigenvalue weighted by molar-refractivity contribution is 7.92. The van der Waals surface area contributed by atoms with E-state index in [-0.39, 0.29) is 29.1 Å². The first-order valence-electron chi connectivity index (χ1n) is 13.1. The highest BCUT2D eigenvalue weighted by Crippen LogP contribution is 2.27. The Morgan fingerprint density at radius 3 is 2.23 bits per heavy atom. The number of rotatable bonds is 12. The molecule has 3 aromatic carbocycles. The zero-order valence-electron chi connectivity index (χ0n) is 22.8. The van der Waals surface area contributed by atoms with E-state index in [2.05, 4.69) is 5.32 Å². The molecular formula is C30H36ClN3O4S. The quantitative estimate of drug-likeness (QED) is 0.309. The van der Waals surface area contributed by atoms with E-state index in [1.807, 2.05) is 52.0 Å². The van der Waals surface area contributed by atoms with Gasteiger partial charge in [-0.25, -0.2) is 8.42 Å². The van der Waals surface area contributed by atoms with Gasteiger partial charge in [0.05, 0.1) is 10.6 Å². The molecule has 0 spiro atoms. The molecule has 0 radical (unpaired) electrons. The van der Waals surface area contributed by atoms with Crippen molar-refractivity contribution in [3.63, 3.8) is 0 Å². The summed E-state index contributed by atoms with van der Waals surface area (Å²) < 4.78 is 28.6. The second-order valence-electron chi connectivity index (χ2n) is 9.56. The number of nitrogens with zero attached hydrogens (tertiary/aromatic N) is 2. The molecule has 2 amide bonds. The number of hydrogen-bond acceptors (Lipinski definition) is 4. The Morgan fingerprint density at radius 2 is 1.62 bits per heavy atom. The number of benzene rings is 3. The predicted octanol–water partition coefficient (Wildman–Crippen LogP) is 5.57. The number of sulfonamides is 1. The summed E-state index contributed by atoms with van der Waals surface area (Å²) in [5, 5.41) is 3.32. The Morgan fingerprint density at radius 1 is 0.923 bits per heavy atom. The number of aryl methyl sites for hydroxylation is 1. The van der Waals surface area contributed by atoms with E-state index in [0.717, 1.165) is 21.9 Å². The third-order valence-corrected chi connectivity index (χ3v) is 8.55. The molecule has 0 unspecified atom stereocenters. The Hall–Kier alpha value is -3.36. The van der Waals surface area contributed by atoms with Crippen molar-refractivity contribution in [1.82, 2.24) is 10.2 Å². The van der Waals surface area contributed by atoms with Gasteiger partial charge < -0.3 is 10.2 Å². The Labute approximate surface area is 236 Å². The smallest absolute Gasteiger partial charge is 0.264 e. The van der Waals surface area contributed by atoms with Gasteiger partial charge >= 0.3 is 0 Å². The lowest BCUT2D eigenvalue weighted by Gasteiger charge is -2.33. The number of carbonyl (C=O) groups is 2. The maximum atomic E-state index is 14.0. The average Bonchev–Trinajstić information content (AvgIpc) is 2.91. The largest absolute Gasteiger partial charge is 0.352 e. The molecule has 3 rings (SSSR count). The van der Waals surface area contributed by atoms with Gasteiger partial charge in [-0.15, -0.1) is 0 Å². The molecular weight excluding hydrogens is 534 g/mol. The van der Waals surface area contributed by atoms with Crippen LogP contribution in [0.25, 0.3) is 0 Å². The molecule has 7 nitrogen and oxygen atoms in total. The highest BCUT2D eigenvalue weighted by Gasteiger charge is 2.34. The fraction of sp³-hybridized carbons (Fsp3) is 0.333. The summed E-state index contributed by atoms with van der Waals surface area (Å²) >= 11 is 6.21. The molecule has 2 atom stereocenters. The second-order valence-corrected chi connectivity index (χ2v) is 11.9. The zero-order valence-corrected chi connectivity index (χ0v) is 24.4. The first-order chi connectivity index (χ1) is 18.6.